The highest BCUT2D eigenvalue weighted by molar-refractivity contribution is 7.99. The zero-order valence-corrected chi connectivity index (χ0v) is 19.3. The molecule has 2 aliphatic heterocycles. The summed E-state index contributed by atoms with van der Waals surface area (Å²) in [7, 11) is 0. The maximum atomic E-state index is 12.7. The van der Waals surface area contributed by atoms with E-state index in [0.717, 1.165) is 31.5 Å². The lowest BCUT2D eigenvalue weighted by molar-refractivity contribution is -0.121. The molecule has 0 saturated carbocycles. The number of hydrogen-bond acceptors (Lipinski definition) is 5. The van der Waals surface area contributed by atoms with E-state index in [1.807, 2.05) is 44.7 Å². The molecule has 1 N–H and O–H groups in total. The third kappa shape index (κ3) is 7.20. The molecule has 0 bridgehead atoms. The number of likely N-dealkylation sites (tertiary alicyclic amines) is 1. The van der Waals surface area contributed by atoms with Crippen molar-refractivity contribution in [3.8, 4) is 0 Å². The maximum absolute atomic E-state index is 12.7. The first-order valence-corrected chi connectivity index (χ1v) is 12.1. The second kappa shape index (κ2) is 10.5. The van der Waals surface area contributed by atoms with Gasteiger partial charge in [0.1, 0.15) is 5.60 Å². The summed E-state index contributed by atoms with van der Waals surface area (Å²) in [6.07, 6.45) is 2.30. The normalized spacial score (nSPS) is 20.6. The zero-order valence-electron chi connectivity index (χ0n) is 18.5. The van der Waals surface area contributed by atoms with E-state index >= 15 is 0 Å². The van der Waals surface area contributed by atoms with Crippen molar-refractivity contribution >= 4 is 29.4 Å². The Bertz CT molecular complexity index is 711. The Morgan fingerprint density at radius 3 is 2.50 bits per heavy atom. The number of rotatable bonds is 5. The molecule has 2 amide bonds. The molecule has 2 fully saturated rings. The molecule has 30 heavy (non-hydrogen) atoms. The van der Waals surface area contributed by atoms with E-state index in [9.17, 15) is 9.59 Å². The first kappa shape index (κ1) is 22.9. The quantitative estimate of drug-likeness (QED) is 0.764. The van der Waals surface area contributed by atoms with Gasteiger partial charge in [-0.15, -0.1) is 0 Å². The second-order valence-electron chi connectivity index (χ2n) is 9.16. The summed E-state index contributed by atoms with van der Waals surface area (Å²) in [5.41, 5.74) is 1.58. The predicted molar refractivity (Wildman–Crippen MR) is 123 cm³/mol. The Labute approximate surface area is 184 Å². The number of nitrogens with one attached hydrogen (secondary N) is 1. The number of amides is 2. The van der Waals surface area contributed by atoms with Crippen molar-refractivity contribution in [2.24, 2.45) is 5.92 Å². The van der Waals surface area contributed by atoms with Crippen molar-refractivity contribution in [2.45, 2.75) is 45.6 Å². The van der Waals surface area contributed by atoms with E-state index in [0.29, 0.717) is 13.1 Å². The fraction of sp³-hybridized carbons (Fsp3) is 0.652. The molecule has 2 saturated heterocycles. The van der Waals surface area contributed by atoms with Crippen LogP contribution in [0, 0.1) is 5.92 Å². The SMILES string of the molecule is CC(C)(C)OC(=O)N1CCCC(C(=O)Nc2ccc(CCN3CCSCC3)cc2)C1. The summed E-state index contributed by atoms with van der Waals surface area (Å²) in [5.74, 6) is 2.24. The van der Waals surface area contributed by atoms with Crippen LogP contribution in [0.4, 0.5) is 10.5 Å². The standard InChI is InChI=1S/C23H35N3O3S/c1-23(2,3)29-22(28)26-11-4-5-19(17-26)21(27)24-20-8-6-18(7-9-20)10-12-25-13-15-30-16-14-25/h6-9,19H,4-5,10-17H2,1-3H3,(H,24,27). The minimum Gasteiger partial charge on any atom is -0.444 e. The molecule has 0 aromatic heterocycles. The van der Waals surface area contributed by atoms with Crippen LogP contribution in [0.3, 0.4) is 0 Å². The molecule has 3 rings (SSSR count). The molecule has 0 spiro atoms. The van der Waals surface area contributed by atoms with Gasteiger partial charge in [-0.3, -0.25) is 4.79 Å². The minimum absolute atomic E-state index is 0.0261. The van der Waals surface area contributed by atoms with Crippen molar-refractivity contribution in [1.29, 1.82) is 0 Å². The number of piperidine rings is 1. The maximum Gasteiger partial charge on any atom is 0.410 e. The smallest absolute Gasteiger partial charge is 0.410 e. The van der Waals surface area contributed by atoms with Crippen LogP contribution in [0.1, 0.15) is 39.2 Å². The Morgan fingerprint density at radius 1 is 1.13 bits per heavy atom. The van der Waals surface area contributed by atoms with Crippen molar-refractivity contribution in [3.63, 3.8) is 0 Å². The highest BCUT2D eigenvalue weighted by Gasteiger charge is 2.31. The molecule has 0 aliphatic carbocycles. The highest BCUT2D eigenvalue weighted by Crippen LogP contribution is 2.21. The fourth-order valence-electron chi connectivity index (χ4n) is 3.79. The van der Waals surface area contributed by atoms with Gasteiger partial charge in [-0.25, -0.2) is 4.79 Å². The van der Waals surface area contributed by atoms with Crippen LogP contribution in [0.2, 0.25) is 0 Å². The first-order chi connectivity index (χ1) is 14.3. The number of thioether (sulfide) groups is 1. The fourth-order valence-corrected chi connectivity index (χ4v) is 4.77. The predicted octanol–water partition coefficient (Wildman–Crippen LogP) is 3.86. The highest BCUT2D eigenvalue weighted by atomic mass is 32.2. The van der Waals surface area contributed by atoms with Gasteiger partial charge in [-0.2, -0.15) is 11.8 Å². The summed E-state index contributed by atoms with van der Waals surface area (Å²) < 4.78 is 5.45. The van der Waals surface area contributed by atoms with Gasteiger partial charge < -0.3 is 19.9 Å². The number of hydrogen-bond donors (Lipinski definition) is 1. The van der Waals surface area contributed by atoms with Crippen LogP contribution in [0.5, 0.6) is 0 Å². The van der Waals surface area contributed by atoms with Gasteiger partial charge in [0.05, 0.1) is 5.92 Å². The number of carbonyl (C=O) groups excluding carboxylic acids is 2. The van der Waals surface area contributed by atoms with Gasteiger partial charge in [0.15, 0.2) is 0 Å². The molecule has 166 valence electrons. The molecular formula is C23H35N3O3S. The van der Waals surface area contributed by atoms with Crippen molar-refractivity contribution in [1.82, 2.24) is 9.80 Å². The average molecular weight is 434 g/mol. The zero-order chi connectivity index (χ0) is 21.6. The number of carbonyl (C=O) groups is 2. The molecule has 1 unspecified atom stereocenters. The van der Waals surface area contributed by atoms with Gasteiger partial charge in [0, 0.05) is 49.9 Å². The van der Waals surface area contributed by atoms with E-state index in [2.05, 4.69) is 22.3 Å². The Balaban J connectivity index is 1.47. The van der Waals surface area contributed by atoms with Crippen LogP contribution >= 0.6 is 11.8 Å². The third-order valence-corrected chi connectivity index (χ3v) is 6.43. The van der Waals surface area contributed by atoms with Crippen molar-refractivity contribution < 1.29 is 14.3 Å². The number of ether oxygens (including phenoxy) is 1. The molecule has 7 heteroatoms. The lowest BCUT2D eigenvalue weighted by atomic mass is 9.97. The average Bonchev–Trinajstić information content (AvgIpc) is 2.73. The van der Waals surface area contributed by atoms with Crippen LogP contribution in [-0.4, -0.2) is 71.6 Å². The Morgan fingerprint density at radius 2 is 1.83 bits per heavy atom. The molecule has 0 radical (unpaired) electrons. The van der Waals surface area contributed by atoms with Gasteiger partial charge in [-0.05, 0) is 57.7 Å². The van der Waals surface area contributed by atoms with Gasteiger partial charge in [0.25, 0.3) is 0 Å². The van der Waals surface area contributed by atoms with Crippen LogP contribution in [0.25, 0.3) is 0 Å². The topological polar surface area (TPSA) is 61.9 Å². The lowest BCUT2D eigenvalue weighted by Crippen LogP contribution is -2.45. The molecule has 1 aromatic rings. The summed E-state index contributed by atoms with van der Waals surface area (Å²) in [5, 5.41) is 3.02. The second-order valence-corrected chi connectivity index (χ2v) is 10.4. The van der Waals surface area contributed by atoms with E-state index < -0.39 is 5.60 Å². The molecule has 1 aromatic carbocycles. The summed E-state index contributed by atoms with van der Waals surface area (Å²) in [6, 6.07) is 8.16. The van der Waals surface area contributed by atoms with Crippen molar-refractivity contribution in [2.75, 3.05) is 49.5 Å². The lowest BCUT2D eigenvalue weighted by Gasteiger charge is -2.33. The molecule has 2 aliphatic rings. The largest absolute Gasteiger partial charge is 0.444 e. The van der Waals surface area contributed by atoms with Crippen LogP contribution in [0.15, 0.2) is 24.3 Å². The van der Waals surface area contributed by atoms with E-state index in [1.165, 1.54) is 30.2 Å². The van der Waals surface area contributed by atoms with E-state index in [4.69, 9.17) is 4.74 Å². The third-order valence-electron chi connectivity index (χ3n) is 5.49. The van der Waals surface area contributed by atoms with E-state index in [1.54, 1.807) is 4.90 Å². The van der Waals surface area contributed by atoms with Crippen LogP contribution < -0.4 is 5.32 Å². The molecule has 1 atom stereocenters. The van der Waals surface area contributed by atoms with Gasteiger partial charge >= 0.3 is 6.09 Å². The molecule has 2 heterocycles. The number of benzene rings is 1. The summed E-state index contributed by atoms with van der Waals surface area (Å²) in [6.45, 7) is 10.1. The van der Waals surface area contributed by atoms with E-state index in [-0.39, 0.29) is 17.9 Å². The molecule has 6 nitrogen and oxygen atoms in total. The Kier molecular flexibility index (Phi) is 8.06. The Hall–Kier alpha value is -1.73. The minimum atomic E-state index is -0.527. The first-order valence-electron chi connectivity index (χ1n) is 11.0. The van der Waals surface area contributed by atoms with Gasteiger partial charge in [0.2, 0.25) is 5.91 Å². The summed E-state index contributed by atoms with van der Waals surface area (Å²) in [4.78, 5) is 29.2. The van der Waals surface area contributed by atoms with Crippen LogP contribution in [-0.2, 0) is 16.0 Å². The monoisotopic (exact) mass is 433 g/mol. The van der Waals surface area contributed by atoms with Gasteiger partial charge in [-0.1, -0.05) is 12.1 Å². The van der Waals surface area contributed by atoms with Crippen molar-refractivity contribution in [3.05, 3.63) is 29.8 Å². The molecular weight excluding hydrogens is 398 g/mol. The number of anilines is 1. The number of nitrogens with zero attached hydrogens (tertiary/aromatic N) is 2. The summed E-state index contributed by atoms with van der Waals surface area (Å²) >= 11 is 2.03.